The van der Waals surface area contributed by atoms with Gasteiger partial charge in [-0.1, -0.05) is 12.1 Å². The van der Waals surface area contributed by atoms with Crippen molar-refractivity contribution in [3.05, 3.63) is 59.2 Å². The second-order valence-corrected chi connectivity index (χ2v) is 4.52. The Morgan fingerprint density at radius 3 is 2.50 bits per heavy atom. The lowest BCUT2D eigenvalue weighted by Gasteiger charge is -2.10. The van der Waals surface area contributed by atoms with E-state index in [0.717, 1.165) is 5.56 Å². The minimum Gasteiger partial charge on any atom is -0.491 e. The molecule has 2 aromatic carbocycles. The van der Waals surface area contributed by atoms with Crippen molar-refractivity contribution < 1.29 is 13.5 Å². The average molecular weight is 277 g/mol. The fourth-order valence-electron chi connectivity index (χ4n) is 1.90. The number of nitrogens with one attached hydrogen (secondary N) is 1. The van der Waals surface area contributed by atoms with Crippen molar-refractivity contribution in [1.29, 1.82) is 0 Å². The normalized spacial score (nSPS) is 10.4. The fourth-order valence-corrected chi connectivity index (χ4v) is 1.90. The average Bonchev–Trinajstić information content (AvgIpc) is 2.43. The molecule has 0 radical (unpaired) electrons. The molecule has 2 nitrogen and oxygen atoms in total. The van der Waals surface area contributed by atoms with E-state index in [1.54, 1.807) is 31.2 Å². The summed E-state index contributed by atoms with van der Waals surface area (Å²) in [4.78, 5) is 0. The van der Waals surface area contributed by atoms with Crippen molar-refractivity contribution in [2.24, 2.45) is 0 Å². The van der Waals surface area contributed by atoms with Crippen LogP contribution >= 0.6 is 0 Å². The van der Waals surface area contributed by atoms with Gasteiger partial charge in [-0.3, -0.25) is 0 Å². The Bertz CT molecular complexity index is 599. The molecule has 0 aliphatic carbocycles. The summed E-state index contributed by atoms with van der Waals surface area (Å²) in [6.45, 7) is 4.46. The first-order valence-electron chi connectivity index (χ1n) is 6.51. The van der Waals surface area contributed by atoms with E-state index in [9.17, 15) is 8.78 Å². The Morgan fingerprint density at radius 1 is 1.05 bits per heavy atom. The van der Waals surface area contributed by atoms with Crippen molar-refractivity contribution in [3.63, 3.8) is 0 Å². The van der Waals surface area contributed by atoms with Gasteiger partial charge in [-0.2, -0.15) is 0 Å². The van der Waals surface area contributed by atoms with E-state index < -0.39 is 5.82 Å². The minimum atomic E-state index is -0.396. The Hall–Kier alpha value is -2.10. The monoisotopic (exact) mass is 277 g/mol. The third kappa shape index (κ3) is 3.47. The summed E-state index contributed by atoms with van der Waals surface area (Å²) in [5, 5.41) is 3.10. The molecule has 0 fully saturated rings. The Balaban J connectivity index is 2.03. The maximum Gasteiger partial charge on any atom is 0.167 e. The summed E-state index contributed by atoms with van der Waals surface area (Å²) in [6.07, 6.45) is 0. The molecule has 0 saturated carbocycles. The molecule has 2 rings (SSSR count). The molecule has 0 aliphatic rings. The molecular formula is C16H17F2NO. The molecule has 2 aromatic rings. The van der Waals surface area contributed by atoms with Gasteiger partial charge in [0.05, 0.1) is 6.61 Å². The fraction of sp³-hybridized carbons (Fsp3) is 0.250. The van der Waals surface area contributed by atoms with Gasteiger partial charge in [0.15, 0.2) is 11.6 Å². The number of hydrogen-bond donors (Lipinski definition) is 1. The van der Waals surface area contributed by atoms with Crippen molar-refractivity contribution in [3.8, 4) is 5.75 Å². The van der Waals surface area contributed by atoms with Gasteiger partial charge in [-0.15, -0.1) is 0 Å². The van der Waals surface area contributed by atoms with Crippen molar-refractivity contribution in [1.82, 2.24) is 0 Å². The minimum absolute atomic E-state index is 0.221. The van der Waals surface area contributed by atoms with Crippen molar-refractivity contribution in [2.75, 3.05) is 11.9 Å². The van der Waals surface area contributed by atoms with Gasteiger partial charge in [0.1, 0.15) is 5.82 Å². The van der Waals surface area contributed by atoms with Crippen LogP contribution in [0.25, 0.3) is 0 Å². The molecule has 0 unspecified atom stereocenters. The summed E-state index contributed by atoms with van der Waals surface area (Å²) in [5.41, 5.74) is 2.20. The lowest BCUT2D eigenvalue weighted by atomic mass is 10.1. The van der Waals surface area contributed by atoms with Gasteiger partial charge in [-0.05, 0) is 43.2 Å². The quantitative estimate of drug-likeness (QED) is 0.880. The highest BCUT2D eigenvalue weighted by Crippen LogP contribution is 2.21. The van der Waals surface area contributed by atoms with Crippen LogP contribution in [0, 0.1) is 18.6 Å². The van der Waals surface area contributed by atoms with Crippen molar-refractivity contribution in [2.45, 2.75) is 20.4 Å². The van der Waals surface area contributed by atoms with Gasteiger partial charge in [0.25, 0.3) is 0 Å². The highest BCUT2D eigenvalue weighted by Gasteiger charge is 2.04. The maximum absolute atomic E-state index is 13.7. The number of ether oxygens (including phenoxy) is 1. The summed E-state index contributed by atoms with van der Waals surface area (Å²) < 4.78 is 32.0. The standard InChI is InChI=1S/C16H17F2NO/c1-3-20-16-7-5-13(9-15(16)18)19-10-12-4-6-14(17)11(2)8-12/h4-9,19H,3,10H2,1-2H3. The molecule has 0 atom stereocenters. The molecular weight excluding hydrogens is 260 g/mol. The van der Waals surface area contributed by atoms with Gasteiger partial charge < -0.3 is 10.1 Å². The van der Waals surface area contributed by atoms with Gasteiger partial charge in [0, 0.05) is 18.3 Å². The molecule has 0 spiro atoms. The van der Waals surface area contributed by atoms with E-state index in [1.807, 2.05) is 6.92 Å². The number of halogens is 2. The number of aryl methyl sites for hydroxylation is 1. The molecule has 0 amide bonds. The Kier molecular flexibility index (Phi) is 4.56. The van der Waals surface area contributed by atoms with Gasteiger partial charge in [-0.25, -0.2) is 8.78 Å². The summed E-state index contributed by atoms with van der Waals surface area (Å²) in [5.74, 6) is -0.372. The lowest BCUT2D eigenvalue weighted by Crippen LogP contribution is -2.01. The Labute approximate surface area is 117 Å². The largest absolute Gasteiger partial charge is 0.491 e. The summed E-state index contributed by atoms with van der Waals surface area (Å²) >= 11 is 0. The van der Waals surface area contributed by atoms with E-state index in [2.05, 4.69) is 5.32 Å². The van der Waals surface area contributed by atoms with Crippen LogP contribution in [0.5, 0.6) is 5.75 Å². The van der Waals surface area contributed by atoms with E-state index >= 15 is 0 Å². The predicted molar refractivity (Wildman–Crippen MR) is 76.0 cm³/mol. The van der Waals surface area contributed by atoms with Crippen LogP contribution in [0.4, 0.5) is 14.5 Å². The zero-order valence-corrected chi connectivity index (χ0v) is 11.5. The first-order chi connectivity index (χ1) is 9.60. The van der Waals surface area contributed by atoms with E-state index in [-0.39, 0.29) is 11.6 Å². The van der Waals surface area contributed by atoms with Crippen LogP contribution in [-0.4, -0.2) is 6.61 Å². The second kappa shape index (κ2) is 6.37. The van der Waals surface area contributed by atoms with Crippen LogP contribution in [-0.2, 0) is 6.54 Å². The Morgan fingerprint density at radius 2 is 1.85 bits per heavy atom. The summed E-state index contributed by atoms with van der Waals surface area (Å²) in [7, 11) is 0. The van der Waals surface area contributed by atoms with Crippen LogP contribution < -0.4 is 10.1 Å². The number of anilines is 1. The van der Waals surface area contributed by atoms with E-state index in [0.29, 0.717) is 24.4 Å². The SMILES string of the molecule is CCOc1ccc(NCc2ccc(F)c(C)c2)cc1F. The first-order valence-corrected chi connectivity index (χ1v) is 6.51. The molecule has 1 N–H and O–H groups in total. The topological polar surface area (TPSA) is 21.3 Å². The highest BCUT2D eigenvalue weighted by molar-refractivity contribution is 5.47. The zero-order chi connectivity index (χ0) is 14.5. The van der Waals surface area contributed by atoms with Crippen LogP contribution in [0.2, 0.25) is 0 Å². The third-order valence-electron chi connectivity index (χ3n) is 2.95. The number of hydrogen-bond acceptors (Lipinski definition) is 2. The molecule has 106 valence electrons. The molecule has 4 heteroatoms. The molecule has 0 bridgehead atoms. The van der Waals surface area contributed by atoms with Gasteiger partial charge >= 0.3 is 0 Å². The zero-order valence-electron chi connectivity index (χ0n) is 11.5. The molecule has 0 aromatic heterocycles. The van der Waals surface area contributed by atoms with Crippen LogP contribution in [0.15, 0.2) is 36.4 Å². The van der Waals surface area contributed by atoms with Crippen molar-refractivity contribution >= 4 is 5.69 Å². The molecule has 20 heavy (non-hydrogen) atoms. The third-order valence-corrected chi connectivity index (χ3v) is 2.95. The molecule has 0 aliphatic heterocycles. The molecule has 0 heterocycles. The number of benzene rings is 2. The molecule has 0 saturated heterocycles. The van der Waals surface area contributed by atoms with E-state index in [4.69, 9.17) is 4.74 Å². The smallest absolute Gasteiger partial charge is 0.167 e. The number of rotatable bonds is 5. The lowest BCUT2D eigenvalue weighted by molar-refractivity contribution is 0.321. The van der Waals surface area contributed by atoms with Gasteiger partial charge in [0.2, 0.25) is 0 Å². The van der Waals surface area contributed by atoms with Crippen LogP contribution in [0.3, 0.4) is 0 Å². The summed E-state index contributed by atoms with van der Waals surface area (Å²) in [6, 6.07) is 9.65. The van der Waals surface area contributed by atoms with Crippen LogP contribution in [0.1, 0.15) is 18.1 Å². The first kappa shape index (κ1) is 14.3. The van der Waals surface area contributed by atoms with E-state index in [1.165, 1.54) is 12.1 Å². The second-order valence-electron chi connectivity index (χ2n) is 4.52. The maximum atomic E-state index is 13.7. The predicted octanol–water partition coefficient (Wildman–Crippen LogP) is 4.28. The highest BCUT2D eigenvalue weighted by atomic mass is 19.1.